The number of rotatable bonds is 4. The van der Waals surface area contributed by atoms with Gasteiger partial charge in [-0.2, -0.15) is 13.2 Å². The Morgan fingerprint density at radius 2 is 1.64 bits per heavy atom. The molecule has 1 radical (unpaired) electrons. The number of nitrogens with one attached hydrogen (secondary N) is 1. The molecule has 1 saturated heterocycles. The highest BCUT2D eigenvalue weighted by molar-refractivity contribution is 5.93. The van der Waals surface area contributed by atoms with Crippen molar-refractivity contribution in [3.05, 3.63) is 61.3 Å². The number of carbonyl (C=O) groups excluding carboxylic acids is 1. The van der Waals surface area contributed by atoms with Crippen LogP contribution in [0.25, 0.3) is 0 Å². The maximum atomic E-state index is 12.7. The van der Waals surface area contributed by atoms with E-state index in [0.717, 1.165) is 12.1 Å². The maximum Gasteiger partial charge on any atom is 0.416 e. The third-order valence-corrected chi connectivity index (χ3v) is 4.32. The first kappa shape index (κ1) is 19.7. The Hall–Kier alpha value is -3.10. The molecular formula is C19H19F3N5O. The second-order valence-electron chi connectivity index (χ2n) is 6.31. The van der Waals surface area contributed by atoms with Crippen LogP contribution in [-0.4, -0.2) is 47.0 Å². The van der Waals surface area contributed by atoms with Crippen LogP contribution in [0.5, 0.6) is 0 Å². The minimum absolute atomic E-state index is 0.179. The van der Waals surface area contributed by atoms with E-state index in [4.69, 9.17) is 0 Å². The number of aromatic nitrogens is 2. The molecule has 1 N–H and O–H groups in total. The number of benzene rings is 1. The molecule has 2 aromatic rings. The second-order valence-corrected chi connectivity index (χ2v) is 6.31. The smallest absolute Gasteiger partial charge is 0.350 e. The van der Waals surface area contributed by atoms with Gasteiger partial charge in [0.25, 0.3) is 0 Å². The third kappa shape index (κ3) is 4.41. The number of halogens is 3. The molecule has 1 amide bonds. The van der Waals surface area contributed by atoms with Gasteiger partial charge in [-0.3, -0.25) is 4.79 Å². The molecule has 3 rings (SSSR count). The van der Waals surface area contributed by atoms with Gasteiger partial charge in [-0.05, 0) is 31.2 Å². The van der Waals surface area contributed by atoms with E-state index in [1.807, 2.05) is 4.90 Å². The van der Waals surface area contributed by atoms with Crippen LogP contribution in [0.2, 0.25) is 0 Å². The summed E-state index contributed by atoms with van der Waals surface area (Å²) in [5.41, 5.74) is -0.000238. The third-order valence-electron chi connectivity index (χ3n) is 4.32. The molecule has 6 nitrogen and oxygen atoms in total. The lowest BCUT2D eigenvalue weighted by molar-refractivity contribution is -0.137. The summed E-state index contributed by atoms with van der Waals surface area (Å²) in [5.74, 6) is 0.827. The molecule has 9 heteroatoms. The van der Waals surface area contributed by atoms with E-state index in [0.29, 0.717) is 43.5 Å². The molecule has 28 heavy (non-hydrogen) atoms. The average molecular weight is 390 g/mol. The number of alkyl halides is 3. The van der Waals surface area contributed by atoms with Crippen LogP contribution >= 0.6 is 0 Å². The van der Waals surface area contributed by atoms with E-state index in [1.165, 1.54) is 18.3 Å². The van der Waals surface area contributed by atoms with Gasteiger partial charge in [0.1, 0.15) is 0 Å². The van der Waals surface area contributed by atoms with Crippen molar-refractivity contribution < 1.29 is 18.0 Å². The fourth-order valence-corrected chi connectivity index (χ4v) is 2.87. The maximum absolute atomic E-state index is 12.7. The Morgan fingerprint density at radius 1 is 1.04 bits per heavy atom. The molecule has 0 atom stereocenters. The number of hydrogen-bond acceptors (Lipinski definition) is 5. The summed E-state index contributed by atoms with van der Waals surface area (Å²) >= 11 is 0. The Morgan fingerprint density at radius 3 is 2.21 bits per heavy atom. The Kier molecular flexibility index (Phi) is 5.53. The minimum atomic E-state index is -4.38. The summed E-state index contributed by atoms with van der Waals surface area (Å²) in [4.78, 5) is 24.2. The normalized spacial score (nSPS) is 14.7. The molecule has 1 aliphatic heterocycles. The van der Waals surface area contributed by atoms with Crippen LogP contribution in [-0.2, 0) is 11.0 Å². The molecule has 1 fully saturated rings. The molecule has 1 aromatic heterocycles. The zero-order chi connectivity index (χ0) is 20.3. The van der Waals surface area contributed by atoms with Crippen molar-refractivity contribution in [3.63, 3.8) is 0 Å². The van der Waals surface area contributed by atoms with Gasteiger partial charge in [0.15, 0.2) is 11.6 Å². The van der Waals surface area contributed by atoms with Gasteiger partial charge in [-0.1, -0.05) is 6.58 Å². The fraction of sp³-hybridized carbons (Fsp3) is 0.263. The minimum Gasteiger partial charge on any atom is -0.350 e. The molecule has 0 aliphatic carbocycles. The largest absolute Gasteiger partial charge is 0.416 e. The SMILES string of the molecule is [CH2]C(=C)C(=O)N1CCN(c2nccnc2Nc2ccc(C(F)(F)F)cc2)CC1. The number of hydrogen-bond donors (Lipinski definition) is 1. The van der Waals surface area contributed by atoms with Crippen molar-refractivity contribution in [3.8, 4) is 0 Å². The molecule has 0 unspecified atom stereocenters. The van der Waals surface area contributed by atoms with Crippen LogP contribution in [0.15, 0.2) is 48.8 Å². The monoisotopic (exact) mass is 390 g/mol. The van der Waals surface area contributed by atoms with Crippen LogP contribution in [0.3, 0.4) is 0 Å². The zero-order valence-electron chi connectivity index (χ0n) is 15.0. The Bertz CT molecular complexity index is 859. The van der Waals surface area contributed by atoms with Crippen molar-refractivity contribution in [2.45, 2.75) is 6.18 Å². The molecule has 147 valence electrons. The summed E-state index contributed by atoms with van der Waals surface area (Å²) in [6.45, 7) is 9.20. The number of nitrogens with zero attached hydrogens (tertiary/aromatic N) is 4. The lowest BCUT2D eigenvalue weighted by Gasteiger charge is -2.36. The topological polar surface area (TPSA) is 61.4 Å². The molecule has 1 aliphatic rings. The average Bonchev–Trinajstić information content (AvgIpc) is 2.68. The van der Waals surface area contributed by atoms with Crippen molar-refractivity contribution in [1.29, 1.82) is 0 Å². The van der Waals surface area contributed by atoms with Gasteiger partial charge >= 0.3 is 6.18 Å². The first-order chi connectivity index (χ1) is 13.3. The van der Waals surface area contributed by atoms with E-state index in [9.17, 15) is 18.0 Å². The van der Waals surface area contributed by atoms with Crippen molar-refractivity contribution in [1.82, 2.24) is 14.9 Å². The summed E-state index contributed by atoms with van der Waals surface area (Å²) in [6, 6.07) is 4.71. The summed E-state index contributed by atoms with van der Waals surface area (Å²) in [5, 5.41) is 3.01. The van der Waals surface area contributed by atoms with Gasteiger partial charge in [0, 0.05) is 49.8 Å². The summed E-state index contributed by atoms with van der Waals surface area (Å²) in [6.07, 6.45) is -1.34. The van der Waals surface area contributed by atoms with Crippen LogP contribution in [0.4, 0.5) is 30.5 Å². The van der Waals surface area contributed by atoms with Gasteiger partial charge in [0.2, 0.25) is 5.91 Å². The highest BCUT2D eigenvalue weighted by Crippen LogP contribution is 2.31. The van der Waals surface area contributed by atoms with Crippen LogP contribution in [0, 0.1) is 6.92 Å². The van der Waals surface area contributed by atoms with E-state index < -0.39 is 11.7 Å². The van der Waals surface area contributed by atoms with E-state index in [-0.39, 0.29) is 11.5 Å². The lowest BCUT2D eigenvalue weighted by atomic mass is 10.2. The molecule has 0 bridgehead atoms. The standard InChI is InChI=1S/C19H19F3N5O/c1-13(2)18(28)27-11-9-26(10-12-27)17-16(23-7-8-24-17)25-15-5-3-14(4-6-15)19(20,21)22/h3-8H,1-2,9-12H2,(H,23,25). The van der Waals surface area contributed by atoms with Crippen LogP contribution in [0.1, 0.15) is 5.56 Å². The van der Waals surface area contributed by atoms with Gasteiger partial charge in [-0.25, -0.2) is 9.97 Å². The predicted octanol–water partition coefficient (Wildman–Crippen LogP) is 3.28. The zero-order valence-corrected chi connectivity index (χ0v) is 15.0. The highest BCUT2D eigenvalue weighted by Gasteiger charge is 2.30. The fourth-order valence-electron chi connectivity index (χ4n) is 2.87. The highest BCUT2D eigenvalue weighted by atomic mass is 19.4. The molecule has 1 aromatic carbocycles. The van der Waals surface area contributed by atoms with Crippen molar-refractivity contribution in [2.24, 2.45) is 0 Å². The van der Waals surface area contributed by atoms with Crippen molar-refractivity contribution >= 4 is 23.2 Å². The Balaban J connectivity index is 1.72. The first-order valence-electron chi connectivity index (χ1n) is 8.56. The van der Waals surface area contributed by atoms with E-state index in [2.05, 4.69) is 28.8 Å². The molecular weight excluding hydrogens is 371 g/mol. The van der Waals surface area contributed by atoms with Crippen LogP contribution < -0.4 is 10.2 Å². The molecule has 0 saturated carbocycles. The van der Waals surface area contributed by atoms with Gasteiger partial charge in [0.05, 0.1) is 5.56 Å². The summed E-state index contributed by atoms with van der Waals surface area (Å²) in [7, 11) is 0. The van der Waals surface area contributed by atoms with Gasteiger partial charge in [-0.15, -0.1) is 0 Å². The summed E-state index contributed by atoms with van der Waals surface area (Å²) < 4.78 is 38.1. The second kappa shape index (κ2) is 7.87. The number of amides is 1. The molecule has 2 heterocycles. The van der Waals surface area contributed by atoms with E-state index in [1.54, 1.807) is 11.1 Å². The molecule has 0 spiro atoms. The number of anilines is 3. The number of carbonyl (C=O) groups is 1. The van der Waals surface area contributed by atoms with Crippen molar-refractivity contribution in [2.75, 3.05) is 36.4 Å². The number of piperazine rings is 1. The lowest BCUT2D eigenvalue weighted by Crippen LogP contribution is -2.49. The predicted molar refractivity (Wildman–Crippen MR) is 100 cm³/mol. The Labute approximate surface area is 160 Å². The van der Waals surface area contributed by atoms with Gasteiger partial charge < -0.3 is 15.1 Å². The quantitative estimate of drug-likeness (QED) is 0.812. The first-order valence-corrected chi connectivity index (χ1v) is 8.56. The van der Waals surface area contributed by atoms with E-state index >= 15 is 0 Å².